The van der Waals surface area contributed by atoms with Gasteiger partial charge in [-0.2, -0.15) is 0 Å². The molecule has 0 saturated heterocycles. The predicted octanol–water partition coefficient (Wildman–Crippen LogP) is 2.38. The van der Waals surface area contributed by atoms with E-state index in [9.17, 15) is 4.79 Å². The number of aryl methyl sites for hydroxylation is 2. The molecule has 0 bridgehead atoms. The first-order valence-electron chi connectivity index (χ1n) is 9.05. The number of hydrogen-bond acceptors (Lipinski definition) is 1. The number of halogens is 3. The molecule has 4 nitrogen and oxygen atoms in total. The highest BCUT2D eigenvalue weighted by Crippen LogP contribution is 2.28. The molecular formula is C19H27BrCl2N2O2. The van der Waals surface area contributed by atoms with E-state index >= 15 is 0 Å². The smallest absolute Gasteiger partial charge is 0.307 e. The number of aliphatic carboxylic acids is 1. The molecule has 0 unspecified atom stereocenters. The minimum absolute atomic E-state index is 0. The number of rotatable bonds is 10. The van der Waals surface area contributed by atoms with Crippen LogP contribution in [-0.4, -0.2) is 15.6 Å². The SMILES string of the molecule is CCCCCCCC[n+]1c(C)n(CCC(=O)O)c2cc(Cl)c(Cl)cc21.[Br-]. The van der Waals surface area contributed by atoms with Crippen LogP contribution in [-0.2, 0) is 17.9 Å². The summed E-state index contributed by atoms with van der Waals surface area (Å²) in [5.74, 6) is 0.243. The van der Waals surface area contributed by atoms with Crippen molar-refractivity contribution in [1.29, 1.82) is 0 Å². The third-order valence-electron chi connectivity index (χ3n) is 4.66. The number of nitrogens with zero attached hydrogens (tertiary/aromatic N) is 2. The zero-order valence-electron chi connectivity index (χ0n) is 15.4. The number of hydrogen-bond donors (Lipinski definition) is 1. The Bertz CT molecular complexity index is 747. The van der Waals surface area contributed by atoms with Gasteiger partial charge in [0.15, 0.2) is 11.0 Å². The van der Waals surface area contributed by atoms with E-state index in [1.807, 2.05) is 23.6 Å². The average molecular weight is 466 g/mol. The van der Waals surface area contributed by atoms with Crippen molar-refractivity contribution >= 4 is 40.2 Å². The van der Waals surface area contributed by atoms with Crippen LogP contribution in [0.2, 0.25) is 10.0 Å². The topological polar surface area (TPSA) is 46.1 Å². The number of carboxylic acids is 1. The van der Waals surface area contributed by atoms with Crippen LogP contribution < -0.4 is 21.5 Å². The maximum Gasteiger partial charge on any atom is 0.307 e. The van der Waals surface area contributed by atoms with E-state index < -0.39 is 5.97 Å². The summed E-state index contributed by atoms with van der Waals surface area (Å²) in [6, 6.07) is 3.73. The summed E-state index contributed by atoms with van der Waals surface area (Å²) < 4.78 is 4.27. The lowest BCUT2D eigenvalue weighted by atomic mass is 10.1. The van der Waals surface area contributed by atoms with E-state index in [0.717, 1.165) is 29.8 Å². The lowest BCUT2D eigenvalue weighted by Crippen LogP contribution is -3.00. The second-order valence-electron chi connectivity index (χ2n) is 6.52. The number of carbonyl (C=O) groups is 1. The van der Waals surface area contributed by atoms with Gasteiger partial charge in [-0.3, -0.25) is 4.79 Å². The van der Waals surface area contributed by atoms with Crippen molar-refractivity contribution in [3.05, 3.63) is 28.0 Å². The molecule has 0 saturated carbocycles. The molecule has 2 rings (SSSR count). The lowest BCUT2D eigenvalue weighted by Gasteiger charge is -2.02. The van der Waals surface area contributed by atoms with Crippen LogP contribution in [0.25, 0.3) is 11.0 Å². The molecule has 0 spiro atoms. The fraction of sp³-hybridized carbons (Fsp3) is 0.579. The van der Waals surface area contributed by atoms with Crippen LogP contribution in [0.15, 0.2) is 12.1 Å². The fourth-order valence-corrected chi connectivity index (χ4v) is 3.59. The molecule has 2 aromatic rings. The second-order valence-corrected chi connectivity index (χ2v) is 7.33. The molecule has 146 valence electrons. The summed E-state index contributed by atoms with van der Waals surface area (Å²) >= 11 is 12.4. The Morgan fingerprint density at radius 2 is 1.73 bits per heavy atom. The standard InChI is InChI=1S/C19H26Cl2N2O2.BrH/c1-3-4-5-6-7-8-10-22-14(2)23(11-9-19(24)25)18-13-16(21)15(20)12-17(18)22;/h12-13H,3-11H2,1-2H3;1H. The highest BCUT2D eigenvalue weighted by Gasteiger charge is 2.23. The second kappa shape index (κ2) is 11.2. The van der Waals surface area contributed by atoms with E-state index in [-0.39, 0.29) is 23.4 Å². The van der Waals surface area contributed by atoms with Crippen molar-refractivity contribution in [2.24, 2.45) is 0 Å². The van der Waals surface area contributed by atoms with Gasteiger partial charge in [0.05, 0.1) is 23.0 Å². The minimum Gasteiger partial charge on any atom is -1.00 e. The van der Waals surface area contributed by atoms with Crippen molar-refractivity contribution in [3.8, 4) is 0 Å². The average Bonchev–Trinajstić information content (AvgIpc) is 2.80. The fourth-order valence-electron chi connectivity index (χ4n) is 3.27. The first-order valence-corrected chi connectivity index (χ1v) is 9.80. The molecule has 0 aliphatic heterocycles. The summed E-state index contributed by atoms with van der Waals surface area (Å²) in [5.41, 5.74) is 1.96. The minimum atomic E-state index is -0.802. The maximum atomic E-state index is 11.0. The van der Waals surface area contributed by atoms with Crippen LogP contribution in [0.3, 0.4) is 0 Å². The molecule has 0 aliphatic rings. The Morgan fingerprint density at radius 3 is 2.38 bits per heavy atom. The van der Waals surface area contributed by atoms with Gasteiger partial charge in [-0.05, 0) is 12.8 Å². The van der Waals surface area contributed by atoms with Gasteiger partial charge in [0.1, 0.15) is 6.54 Å². The summed E-state index contributed by atoms with van der Waals surface area (Å²) in [4.78, 5) is 11.0. The zero-order chi connectivity index (χ0) is 18.4. The maximum absolute atomic E-state index is 11.0. The molecule has 26 heavy (non-hydrogen) atoms. The van der Waals surface area contributed by atoms with Gasteiger partial charge in [-0.15, -0.1) is 0 Å². The number of benzene rings is 1. The molecule has 1 aromatic carbocycles. The van der Waals surface area contributed by atoms with Crippen molar-refractivity contribution in [2.45, 2.75) is 71.9 Å². The van der Waals surface area contributed by atoms with Crippen LogP contribution in [0.4, 0.5) is 0 Å². The largest absolute Gasteiger partial charge is 1.00 e. The van der Waals surface area contributed by atoms with Gasteiger partial charge in [0.2, 0.25) is 0 Å². The third-order valence-corrected chi connectivity index (χ3v) is 5.39. The highest BCUT2D eigenvalue weighted by atomic mass is 79.9. The first-order chi connectivity index (χ1) is 12.0. The van der Waals surface area contributed by atoms with Crippen LogP contribution in [0.5, 0.6) is 0 Å². The molecule has 7 heteroatoms. The number of imidazole rings is 1. The number of carboxylic acid groups (broad SMARTS) is 1. The van der Waals surface area contributed by atoms with Gasteiger partial charge in [0, 0.05) is 19.1 Å². The van der Waals surface area contributed by atoms with Crippen molar-refractivity contribution in [2.75, 3.05) is 0 Å². The molecule has 1 aromatic heterocycles. The van der Waals surface area contributed by atoms with Gasteiger partial charge in [-0.1, -0.05) is 55.8 Å². The van der Waals surface area contributed by atoms with Gasteiger partial charge < -0.3 is 22.1 Å². The zero-order valence-corrected chi connectivity index (χ0v) is 18.5. The molecular weight excluding hydrogens is 439 g/mol. The Kier molecular flexibility index (Phi) is 9.98. The normalized spacial score (nSPS) is 10.9. The molecule has 0 fully saturated rings. The Morgan fingerprint density at radius 1 is 1.12 bits per heavy atom. The molecule has 1 heterocycles. The molecule has 0 amide bonds. The van der Waals surface area contributed by atoms with Crippen molar-refractivity contribution < 1.29 is 31.4 Å². The van der Waals surface area contributed by atoms with E-state index in [0.29, 0.717) is 16.6 Å². The molecule has 1 N–H and O–H groups in total. The Hall–Kier alpha value is -0.780. The van der Waals surface area contributed by atoms with Gasteiger partial charge in [0.25, 0.3) is 5.82 Å². The summed E-state index contributed by atoms with van der Waals surface area (Å²) in [7, 11) is 0. The monoisotopic (exact) mass is 464 g/mol. The summed E-state index contributed by atoms with van der Waals surface area (Å²) in [5, 5.41) is 10.0. The number of unbranched alkanes of at least 4 members (excludes halogenated alkanes) is 5. The number of fused-ring (bicyclic) bond motifs is 1. The van der Waals surface area contributed by atoms with Gasteiger partial charge >= 0.3 is 5.97 Å². The van der Waals surface area contributed by atoms with Gasteiger partial charge in [-0.25, -0.2) is 9.13 Å². The quantitative estimate of drug-likeness (QED) is 0.432. The Labute approximate surface area is 175 Å². The molecule has 0 radical (unpaired) electrons. The molecule has 0 atom stereocenters. The van der Waals surface area contributed by atoms with Crippen LogP contribution in [0, 0.1) is 6.92 Å². The van der Waals surface area contributed by atoms with Crippen LogP contribution in [0.1, 0.15) is 57.7 Å². The lowest BCUT2D eigenvalue weighted by molar-refractivity contribution is -0.678. The van der Waals surface area contributed by atoms with Crippen molar-refractivity contribution in [3.63, 3.8) is 0 Å². The summed E-state index contributed by atoms with van der Waals surface area (Å²) in [6.45, 7) is 5.59. The third kappa shape index (κ3) is 5.86. The van der Waals surface area contributed by atoms with Crippen molar-refractivity contribution in [1.82, 2.24) is 4.57 Å². The summed E-state index contributed by atoms with van der Waals surface area (Å²) in [6.07, 6.45) is 7.50. The highest BCUT2D eigenvalue weighted by molar-refractivity contribution is 6.42. The number of aromatic nitrogens is 2. The van der Waals surface area contributed by atoms with E-state index in [1.54, 1.807) is 0 Å². The predicted molar refractivity (Wildman–Crippen MR) is 103 cm³/mol. The van der Waals surface area contributed by atoms with E-state index in [1.165, 1.54) is 32.1 Å². The first kappa shape index (κ1) is 23.3. The van der Waals surface area contributed by atoms with Crippen LogP contribution >= 0.6 is 23.2 Å². The molecule has 0 aliphatic carbocycles. The Balaban J connectivity index is 0.00000338. The van der Waals surface area contributed by atoms with E-state index in [4.69, 9.17) is 28.3 Å². The van der Waals surface area contributed by atoms with E-state index in [2.05, 4.69) is 11.5 Å².